The number of fused-ring (bicyclic) bond motifs is 3. The molecule has 2 heterocycles. The van der Waals surface area contributed by atoms with E-state index in [1.54, 1.807) is 0 Å². The molecule has 6 rings (SSSR count). The van der Waals surface area contributed by atoms with Crippen LogP contribution in [0.25, 0.3) is 11.0 Å². The molecule has 1 fully saturated rings. The lowest BCUT2D eigenvalue weighted by molar-refractivity contribution is -0.124. The Labute approximate surface area is 249 Å². The van der Waals surface area contributed by atoms with Crippen molar-refractivity contribution in [2.24, 2.45) is 5.92 Å². The highest BCUT2D eigenvalue weighted by Crippen LogP contribution is 2.37. The quantitative estimate of drug-likeness (QED) is 0.227. The molecule has 1 saturated carbocycles. The largest absolute Gasteiger partial charge is 0.351 e. The van der Waals surface area contributed by atoms with Gasteiger partial charge in [-0.3, -0.25) is 4.79 Å². The summed E-state index contributed by atoms with van der Waals surface area (Å²) < 4.78 is 2.47. The summed E-state index contributed by atoms with van der Waals surface area (Å²) in [6.07, 6.45) is 11.9. The van der Waals surface area contributed by atoms with Crippen molar-refractivity contribution < 1.29 is 4.79 Å². The van der Waals surface area contributed by atoms with E-state index in [-0.39, 0.29) is 11.8 Å². The van der Waals surface area contributed by atoms with Crippen LogP contribution in [0.3, 0.4) is 0 Å². The number of aryl methyl sites for hydroxylation is 3. The van der Waals surface area contributed by atoms with Crippen molar-refractivity contribution >= 4 is 28.5 Å². The number of hydrogen-bond acceptors (Lipinski definition) is 2. The molecule has 0 saturated heterocycles. The van der Waals surface area contributed by atoms with Gasteiger partial charge in [-0.2, -0.15) is 0 Å². The second-order valence-corrected chi connectivity index (χ2v) is 12.7. The molecule has 0 radical (unpaired) electrons. The van der Waals surface area contributed by atoms with E-state index in [1.807, 2.05) is 24.3 Å². The highest BCUT2D eigenvalue weighted by molar-refractivity contribution is 6.31. The number of halogens is 1. The summed E-state index contributed by atoms with van der Waals surface area (Å²) in [6.45, 7) is 5.60. The van der Waals surface area contributed by atoms with Gasteiger partial charge >= 0.3 is 0 Å². The molecule has 0 spiro atoms. The van der Waals surface area contributed by atoms with E-state index in [4.69, 9.17) is 16.6 Å². The van der Waals surface area contributed by atoms with Crippen molar-refractivity contribution in [1.29, 1.82) is 0 Å². The number of benzene rings is 2. The van der Waals surface area contributed by atoms with Gasteiger partial charge in [0.15, 0.2) is 0 Å². The minimum Gasteiger partial charge on any atom is -0.351 e. The highest BCUT2D eigenvalue weighted by atomic mass is 35.5. The maximum Gasteiger partial charge on any atom is 0.228 e. The van der Waals surface area contributed by atoms with Crippen LogP contribution in [0.2, 0.25) is 5.02 Å². The molecule has 4 nitrogen and oxygen atoms in total. The van der Waals surface area contributed by atoms with E-state index < -0.39 is 0 Å². The lowest BCUT2D eigenvalue weighted by atomic mass is 9.80. The van der Waals surface area contributed by atoms with Crippen LogP contribution in [0, 0.1) is 19.8 Å². The molecule has 1 N–H and O–H groups in total. The van der Waals surface area contributed by atoms with Crippen LogP contribution in [0.4, 0.5) is 0 Å². The first-order valence-electron chi connectivity index (χ1n) is 15.6. The Balaban J connectivity index is 1.28. The average Bonchev–Trinajstić information content (AvgIpc) is 3.10. The molecule has 2 aliphatic rings. The Kier molecular flexibility index (Phi) is 8.48. The lowest BCUT2D eigenvalue weighted by Gasteiger charge is -2.26. The van der Waals surface area contributed by atoms with Crippen LogP contribution < -0.4 is 5.32 Å². The number of nitrogens with one attached hydrogen (secondary N) is 1. The molecule has 1 amide bonds. The fraction of sp³-hybridized carbons (Fsp3) is 0.444. The number of carbonyl (C=O) groups is 1. The summed E-state index contributed by atoms with van der Waals surface area (Å²) >= 11 is 6.39. The number of hydrogen-bond donors (Lipinski definition) is 1. The zero-order valence-electron chi connectivity index (χ0n) is 24.5. The molecular weight excluding hydrogens is 526 g/mol. The number of aromatic nitrogens is 2. The minimum atomic E-state index is -0.142. The fourth-order valence-corrected chi connectivity index (χ4v) is 7.57. The van der Waals surface area contributed by atoms with Crippen molar-refractivity contribution in [3.8, 4) is 0 Å². The second-order valence-electron chi connectivity index (χ2n) is 12.3. The van der Waals surface area contributed by atoms with Crippen molar-refractivity contribution in [3.05, 3.63) is 98.8 Å². The predicted octanol–water partition coefficient (Wildman–Crippen LogP) is 8.60. The summed E-state index contributed by atoms with van der Waals surface area (Å²) in [5.74, 6) is 0.340. The number of amides is 1. The van der Waals surface area contributed by atoms with Crippen molar-refractivity contribution in [2.75, 3.05) is 0 Å². The van der Waals surface area contributed by atoms with Crippen LogP contribution in [-0.2, 0) is 30.7 Å². The number of carbonyl (C=O) groups excluding carboxylic acids is 1. The lowest BCUT2D eigenvalue weighted by Crippen LogP contribution is -2.33. The number of pyridine rings is 1. The van der Waals surface area contributed by atoms with Crippen LogP contribution in [-0.4, -0.2) is 15.5 Å². The molecule has 1 atom stereocenters. The monoisotopic (exact) mass is 567 g/mol. The Hall–Kier alpha value is -3.11. The Bertz CT molecular complexity index is 1530. The minimum absolute atomic E-state index is 0.116. The van der Waals surface area contributed by atoms with Crippen molar-refractivity contribution in [2.45, 2.75) is 97.1 Å². The molecule has 214 valence electrons. The highest BCUT2D eigenvalue weighted by Gasteiger charge is 2.30. The van der Waals surface area contributed by atoms with Gasteiger partial charge in [0.2, 0.25) is 5.91 Å². The SMILES string of the molecule is Cc1cc(C)c2c3c(n(Cc4ccc(C(C(=O)NCc5ccccc5Cl)C5CCCCCC5)cc4)c2n1)CCCC3. The Morgan fingerprint density at radius 3 is 2.46 bits per heavy atom. The molecule has 1 unspecified atom stereocenters. The van der Waals surface area contributed by atoms with Gasteiger partial charge < -0.3 is 9.88 Å². The van der Waals surface area contributed by atoms with Gasteiger partial charge in [0, 0.05) is 34.9 Å². The van der Waals surface area contributed by atoms with E-state index in [2.05, 4.69) is 54.1 Å². The van der Waals surface area contributed by atoms with Gasteiger partial charge in [0.05, 0.1) is 5.92 Å². The summed E-state index contributed by atoms with van der Waals surface area (Å²) in [7, 11) is 0. The van der Waals surface area contributed by atoms with Gasteiger partial charge in [0.1, 0.15) is 5.65 Å². The van der Waals surface area contributed by atoms with Gasteiger partial charge in [-0.05, 0) is 98.2 Å². The van der Waals surface area contributed by atoms with Crippen molar-refractivity contribution in [3.63, 3.8) is 0 Å². The van der Waals surface area contributed by atoms with E-state index in [9.17, 15) is 4.79 Å². The third kappa shape index (κ3) is 5.95. The maximum absolute atomic E-state index is 13.8. The van der Waals surface area contributed by atoms with Crippen LogP contribution >= 0.6 is 11.6 Å². The molecule has 5 heteroatoms. The van der Waals surface area contributed by atoms with E-state index in [0.29, 0.717) is 17.5 Å². The summed E-state index contributed by atoms with van der Waals surface area (Å²) in [5, 5.41) is 5.30. The summed E-state index contributed by atoms with van der Waals surface area (Å²) in [6, 6.07) is 18.9. The van der Waals surface area contributed by atoms with Crippen LogP contribution in [0.1, 0.15) is 96.5 Å². The number of nitrogens with zero attached hydrogens (tertiary/aromatic N) is 2. The van der Waals surface area contributed by atoms with Crippen LogP contribution in [0.15, 0.2) is 54.6 Å². The molecule has 4 aromatic rings. The Morgan fingerprint density at radius 2 is 1.71 bits per heavy atom. The van der Waals surface area contributed by atoms with E-state index in [0.717, 1.165) is 54.7 Å². The van der Waals surface area contributed by atoms with Crippen molar-refractivity contribution in [1.82, 2.24) is 14.9 Å². The molecular formula is C36H42ClN3O. The molecule has 0 aliphatic heterocycles. The zero-order valence-corrected chi connectivity index (χ0v) is 25.3. The first-order chi connectivity index (χ1) is 20.0. The van der Waals surface area contributed by atoms with Crippen LogP contribution in [0.5, 0.6) is 0 Å². The topological polar surface area (TPSA) is 46.9 Å². The Morgan fingerprint density at radius 1 is 0.976 bits per heavy atom. The fourth-order valence-electron chi connectivity index (χ4n) is 7.37. The van der Waals surface area contributed by atoms with Gasteiger partial charge in [-0.25, -0.2) is 4.98 Å². The standard InChI is InChI=1S/C36H42ClN3O/c1-24-21-25(2)39-35-33(24)30-14-8-10-16-32(30)40(35)23-26-17-19-28(20-18-26)34(27-11-5-3-4-6-12-27)36(41)38-22-29-13-7-9-15-31(29)37/h7,9,13,15,17-21,27,34H,3-6,8,10-12,14,16,22-23H2,1-2H3,(H,38,41). The summed E-state index contributed by atoms with van der Waals surface area (Å²) in [4.78, 5) is 18.8. The molecule has 2 aromatic carbocycles. The predicted molar refractivity (Wildman–Crippen MR) is 169 cm³/mol. The number of rotatable bonds is 7. The average molecular weight is 568 g/mol. The third-order valence-electron chi connectivity index (χ3n) is 9.39. The zero-order chi connectivity index (χ0) is 28.3. The van der Waals surface area contributed by atoms with E-state index >= 15 is 0 Å². The molecule has 2 aromatic heterocycles. The van der Waals surface area contributed by atoms with Gasteiger partial charge in [-0.15, -0.1) is 0 Å². The molecule has 2 aliphatic carbocycles. The van der Waals surface area contributed by atoms with Gasteiger partial charge in [-0.1, -0.05) is 79.7 Å². The maximum atomic E-state index is 13.8. The second kappa shape index (κ2) is 12.4. The summed E-state index contributed by atoms with van der Waals surface area (Å²) in [5.41, 5.74) is 9.87. The molecule has 41 heavy (non-hydrogen) atoms. The van der Waals surface area contributed by atoms with E-state index in [1.165, 1.54) is 66.3 Å². The smallest absolute Gasteiger partial charge is 0.228 e. The molecule has 0 bridgehead atoms. The third-order valence-corrected chi connectivity index (χ3v) is 9.76. The van der Waals surface area contributed by atoms with Gasteiger partial charge in [0.25, 0.3) is 0 Å². The normalized spacial score (nSPS) is 16.8. The first kappa shape index (κ1) is 28.0. The first-order valence-corrected chi connectivity index (χ1v) is 16.0.